The van der Waals surface area contributed by atoms with Crippen LogP contribution < -0.4 is 11.1 Å². The third kappa shape index (κ3) is 11.0. The zero-order valence-corrected chi connectivity index (χ0v) is 48.3. The largest absolute Gasteiger partial charge is 0.481 e. The van der Waals surface area contributed by atoms with E-state index < -0.39 is 11.9 Å². The number of hydrogen-bond acceptors (Lipinski definition) is 4. The third-order valence-corrected chi connectivity index (χ3v) is 15.6. The zero-order chi connectivity index (χ0) is 55.6. The zero-order valence-electron chi connectivity index (χ0n) is 43.7. The summed E-state index contributed by atoms with van der Waals surface area (Å²) in [5.74, 6) is -1.67. The van der Waals surface area contributed by atoms with Gasteiger partial charge in [-0.25, -0.2) is 0 Å². The maximum absolute atomic E-state index is 9.00. The molecule has 0 bridgehead atoms. The van der Waals surface area contributed by atoms with E-state index in [-0.39, 0.29) is 20.4 Å². The number of carboxylic acids is 2. The summed E-state index contributed by atoms with van der Waals surface area (Å²) in [4.78, 5) is 21.6. The van der Waals surface area contributed by atoms with Crippen LogP contribution in [0, 0.1) is 0 Å². The van der Waals surface area contributed by atoms with Crippen molar-refractivity contribution in [2.45, 2.75) is 13.8 Å². The number of H-pyrrole nitrogens is 1. The van der Waals surface area contributed by atoms with Gasteiger partial charge in [0.2, 0.25) is 0 Å². The number of anilines is 3. The predicted octanol–water partition coefficient (Wildman–Crippen LogP) is 20.4. The molecule has 0 aliphatic heterocycles. The number of aromatic nitrogens is 1. The van der Waals surface area contributed by atoms with Crippen LogP contribution >= 0.6 is 39.1 Å². The molecule has 1 aromatic heterocycles. The van der Waals surface area contributed by atoms with E-state index in [1.54, 1.807) is 12.1 Å². The molecule has 3 aliphatic rings. The van der Waals surface area contributed by atoms with Gasteiger partial charge in [0.05, 0.1) is 26.9 Å². The Morgan fingerprint density at radius 3 is 1.31 bits per heavy atom. The maximum atomic E-state index is 9.00. The van der Waals surface area contributed by atoms with Gasteiger partial charge in [0.25, 0.3) is 11.9 Å². The Labute approximate surface area is 500 Å². The van der Waals surface area contributed by atoms with Crippen molar-refractivity contribution in [3.8, 4) is 66.8 Å². The molecule has 0 saturated heterocycles. The minimum atomic E-state index is -0.833. The van der Waals surface area contributed by atoms with Crippen molar-refractivity contribution in [1.29, 1.82) is 0 Å². The van der Waals surface area contributed by atoms with Crippen LogP contribution in [0.2, 0.25) is 10.0 Å². The van der Waals surface area contributed by atoms with Gasteiger partial charge in [-0.15, -0.1) is 0 Å². The van der Waals surface area contributed by atoms with Gasteiger partial charge in [0.1, 0.15) is 0 Å². The van der Waals surface area contributed by atoms with Gasteiger partial charge in [-0.2, -0.15) is 0 Å². The van der Waals surface area contributed by atoms with Gasteiger partial charge in [-0.3, -0.25) is 9.59 Å². The molecule has 6 N–H and O–H groups in total. The molecule has 12 aromatic carbocycles. The Balaban J connectivity index is 0.000000121. The summed E-state index contributed by atoms with van der Waals surface area (Å²) < 4.78 is 1.17. The van der Waals surface area contributed by atoms with Crippen LogP contribution in [0.5, 0.6) is 0 Å². The van der Waals surface area contributed by atoms with Crippen molar-refractivity contribution in [3.05, 3.63) is 245 Å². The van der Waals surface area contributed by atoms with Gasteiger partial charge >= 0.3 is 0 Å². The molecule has 0 saturated carbocycles. The Morgan fingerprint density at radius 2 is 0.790 bits per heavy atom. The number of fused-ring (bicyclic) bond motifs is 13. The van der Waals surface area contributed by atoms with Crippen molar-refractivity contribution in [3.63, 3.8) is 0 Å². The van der Waals surface area contributed by atoms with E-state index >= 15 is 0 Å². The predicted molar refractivity (Wildman–Crippen MR) is 339 cm³/mol. The maximum Gasteiger partial charge on any atom is 0.300 e. The monoisotopic (exact) mass is 1250 g/mol. The molecule has 11 heteroatoms. The van der Waals surface area contributed by atoms with Gasteiger partial charge in [0.15, 0.2) is 0 Å². The van der Waals surface area contributed by atoms with Gasteiger partial charge < -0.3 is 26.2 Å². The first-order valence-corrected chi connectivity index (χ1v) is 27.4. The van der Waals surface area contributed by atoms with Crippen LogP contribution in [0.3, 0.4) is 0 Å². The number of aromatic amines is 1. The van der Waals surface area contributed by atoms with Crippen molar-refractivity contribution in [2.24, 2.45) is 0 Å². The van der Waals surface area contributed by atoms with Crippen molar-refractivity contribution in [1.82, 2.24) is 4.98 Å². The van der Waals surface area contributed by atoms with E-state index in [1.165, 1.54) is 125 Å². The molecule has 400 valence electrons. The van der Waals surface area contributed by atoms with E-state index in [4.69, 9.17) is 48.7 Å². The number of nitrogen functional groups attached to an aromatic ring is 1. The number of benzene rings is 12. The van der Waals surface area contributed by atoms with E-state index in [9.17, 15) is 0 Å². The Kier molecular flexibility index (Phi) is 16.6. The van der Waals surface area contributed by atoms with E-state index in [0.717, 1.165) is 30.2 Å². The fourth-order valence-electron chi connectivity index (χ4n) is 11.1. The normalized spacial score (nSPS) is 10.9. The molecule has 0 spiro atoms. The molecule has 7 nitrogen and oxygen atoms in total. The number of hydrogen-bond donors (Lipinski definition) is 5. The number of carbonyl (C=O) groups is 2. The van der Waals surface area contributed by atoms with Crippen molar-refractivity contribution >= 4 is 122 Å². The molecule has 0 amide bonds. The molecule has 16 rings (SSSR count). The molecule has 0 fully saturated rings. The third-order valence-electron chi connectivity index (χ3n) is 14.2. The Hall–Kier alpha value is -8.52. The summed E-state index contributed by atoms with van der Waals surface area (Å²) in [6.07, 6.45) is 0. The van der Waals surface area contributed by atoms with Crippen LogP contribution in [-0.4, -0.2) is 27.1 Å². The summed E-state index contributed by atoms with van der Waals surface area (Å²) >= 11 is 15.5. The summed E-state index contributed by atoms with van der Waals surface area (Å²) in [7, 11) is 0. The molecule has 0 radical (unpaired) electrons. The summed E-state index contributed by atoms with van der Waals surface area (Å²) in [6.45, 7) is 2.17. The van der Waals surface area contributed by atoms with Crippen LogP contribution in [0.1, 0.15) is 13.8 Å². The number of aliphatic carboxylic acids is 2. The molecular weight excluding hydrogens is 1200 g/mol. The Morgan fingerprint density at radius 1 is 0.407 bits per heavy atom. The first kappa shape index (κ1) is 55.8. The molecule has 13 aromatic rings. The quantitative estimate of drug-likeness (QED) is 0.0866. The molecular formula is C70H50BrCl2N3O4Pd. The number of carboxylic acid groups (broad SMARTS) is 2. The van der Waals surface area contributed by atoms with E-state index in [1.807, 2.05) is 36.4 Å². The van der Waals surface area contributed by atoms with Crippen LogP contribution in [-0.2, 0) is 30.0 Å². The first-order chi connectivity index (χ1) is 38.9. The number of rotatable bonds is 2. The number of nitrogens with two attached hydrogens (primary N) is 1. The average Bonchev–Trinajstić information content (AvgIpc) is 3.85. The van der Waals surface area contributed by atoms with E-state index in [0.29, 0.717) is 10.7 Å². The summed E-state index contributed by atoms with van der Waals surface area (Å²) in [5.41, 5.74) is 26.6. The molecule has 0 unspecified atom stereocenters. The van der Waals surface area contributed by atoms with Crippen LogP contribution in [0.15, 0.2) is 235 Å². The second-order valence-electron chi connectivity index (χ2n) is 19.3. The van der Waals surface area contributed by atoms with Crippen molar-refractivity contribution in [2.75, 3.05) is 11.1 Å². The second-order valence-corrected chi connectivity index (χ2v) is 20.9. The van der Waals surface area contributed by atoms with Crippen molar-refractivity contribution < 1.29 is 40.2 Å². The fourth-order valence-corrected chi connectivity index (χ4v) is 11.8. The molecule has 0 atom stereocenters. The summed E-state index contributed by atoms with van der Waals surface area (Å²) in [5, 5.41) is 30.2. The second kappa shape index (κ2) is 24.1. The smallest absolute Gasteiger partial charge is 0.300 e. The SMILES string of the molecule is Brc1ccc2c3c(cccc13)-c1ccccc1-2.CC(=O)O.CC(=O)O.Clc1ccccc1Nc1ccc2c3c(cccc13)-c1ccccc1-2.Nc1ccccc1Cl.[Pd].c1ccc2c(c1)-c1cccc3c1c-2cc1c2ccccc2[nH]c31. The van der Waals surface area contributed by atoms with Gasteiger partial charge in [0, 0.05) is 71.5 Å². The minimum Gasteiger partial charge on any atom is -0.481 e. The van der Waals surface area contributed by atoms with Gasteiger partial charge in [-0.05, 0) is 137 Å². The number of para-hydroxylation sites is 3. The van der Waals surface area contributed by atoms with E-state index in [2.05, 4.69) is 208 Å². The molecule has 1 heterocycles. The molecule has 81 heavy (non-hydrogen) atoms. The summed E-state index contributed by atoms with van der Waals surface area (Å²) in [6, 6.07) is 80.4. The van der Waals surface area contributed by atoms with Gasteiger partial charge in [-0.1, -0.05) is 221 Å². The Bertz CT molecular complexity index is 4480. The number of nitrogens with one attached hydrogen (secondary N) is 2. The molecule has 3 aliphatic carbocycles. The topological polar surface area (TPSA) is 128 Å². The first-order valence-electron chi connectivity index (χ1n) is 25.8. The minimum absolute atomic E-state index is 0. The van der Waals surface area contributed by atoms with Crippen LogP contribution in [0.4, 0.5) is 17.1 Å². The fraction of sp³-hybridized carbons (Fsp3) is 0.0286. The van der Waals surface area contributed by atoms with Crippen LogP contribution in [0.25, 0.3) is 121 Å². The average molecular weight is 1250 g/mol. The number of halogens is 3. The standard InChI is InChI=1S/C22H14ClN.C22H13N.C16H9Br.C6H6ClN.2C2H4O2.Pd/c23-19-10-3-4-11-21(19)24-20-13-12-17-15-7-2-1-6-14(15)16-8-5-9-18(20)22(16)17;1-2-7-14-13(6-1)16-9-5-10-17-21(16)18(14)12-19-15-8-3-4-11-20(15)23-22(17)19;17-15-9-8-13-11-5-2-1-4-10(11)12-6-3-7-14(15)16(12)13;7-5-3-1-2-4-6(5)8;2*1-2(3)4;/h1-13,24H;1-12,23H;1-9H;1-4H,8H2;2*1H3,(H,3,4);.